The summed E-state index contributed by atoms with van der Waals surface area (Å²) in [7, 11) is 0. The highest BCUT2D eigenvalue weighted by molar-refractivity contribution is 7.19. The highest BCUT2D eigenvalue weighted by Gasteiger charge is 2.17. The van der Waals surface area contributed by atoms with Crippen molar-refractivity contribution in [2.45, 2.75) is 32.6 Å². The van der Waals surface area contributed by atoms with Gasteiger partial charge >= 0.3 is 0 Å². The molecule has 7 heteroatoms. The van der Waals surface area contributed by atoms with E-state index in [1.165, 1.54) is 19.3 Å². The summed E-state index contributed by atoms with van der Waals surface area (Å²) < 4.78 is 0. The van der Waals surface area contributed by atoms with Gasteiger partial charge in [-0.2, -0.15) is 0 Å². The van der Waals surface area contributed by atoms with Gasteiger partial charge in [0.25, 0.3) is 0 Å². The van der Waals surface area contributed by atoms with Crippen molar-refractivity contribution >= 4 is 32.9 Å². The normalized spacial score (nSPS) is 14.9. The third-order valence-corrected chi connectivity index (χ3v) is 5.12. The molecule has 1 fully saturated rings. The van der Waals surface area contributed by atoms with Gasteiger partial charge < -0.3 is 10.2 Å². The summed E-state index contributed by atoms with van der Waals surface area (Å²) in [6.07, 6.45) is 4.90. The van der Waals surface area contributed by atoms with Crippen LogP contribution in [0.5, 0.6) is 0 Å². The van der Waals surface area contributed by atoms with Gasteiger partial charge in [-0.05, 0) is 19.3 Å². The lowest BCUT2D eigenvalue weighted by atomic mass is 10.3. The van der Waals surface area contributed by atoms with Crippen molar-refractivity contribution in [1.82, 2.24) is 15.2 Å². The van der Waals surface area contributed by atoms with E-state index in [-0.39, 0.29) is 0 Å². The van der Waals surface area contributed by atoms with Crippen molar-refractivity contribution in [1.29, 1.82) is 0 Å². The molecular formula is C13H19N5S2. The Bertz CT molecular complexity index is 544. The topological polar surface area (TPSA) is 53.9 Å². The molecule has 0 atom stereocenters. The van der Waals surface area contributed by atoms with E-state index in [1.807, 2.05) is 0 Å². The molecule has 3 rings (SSSR count). The summed E-state index contributed by atoms with van der Waals surface area (Å²) in [5.74, 6) is 0. The number of thiazole rings is 1. The molecule has 0 saturated carbocycles. The molecule has 5 nitrogen and oxygen atoms in total. The average Bonchev–Trinajstić information content (AvgIpc) is 3.19. The fourth-order valence-electron chi connectivity index (χ4n) is 2.19. The predicted octanol–water partition coefficient (Wildman–Crippen LogP) is 3.47. The second kappa shape index (κ2) is 6.49. The van der Waals surface area contributed by atoms with Crippen LogP contribution in [0.25, 0.3) is 10.7 Å². The van der Waals surface area contributed by atoms with E-state index in [1.54, 1.807) is 22.7 Å². The van der Waals surface area contributed by atoms with E-state index in [0.29, 0.717) is 0 Å². The maximum absolute atomic E-state index is 4.70. The Kier molecular flexibility index (Phi) is 4.47. The molecule has 1 N–H and O–H groups in total. The van der Waals surface area contributed by atoms with Crippen molar-refractivity contribution < 1.29 is 0 Å². The lowest BCUT2D eigenvalue weighted by molar-refractivity contribution is 0.831. The lowest BCUT2D eigenvalue weighted by Gasteiger charge is -2.11. The van der Waals surface area contributed by atoms with Crippen molar-refractivity contribution in [3.05, 3.63) is 5.38 Å². The van der Waals surface area contributed by atoms with Gasteiger partial charge in [0.05, 0.1) is 0 Å². The zero-order chi connectivity index (χ0) is 13.8. The molecule has 1 aliphatic heterocycles. The quantitative estimate of drug-likeness (QED) is 0.828. The Balaban J connectivity index is 1.66. The van der Waals surface area contributed by atoms with E-state index in [0.717, 1.165) is 47.0 Å². The zero-order valence-electron chi connectivity index (χ0n) is 11.6. The van der Waals surface area contributed by atoms with Crippen molar-refractivity contribution in [2.75, 3.05) is 29.9 Å². The molecule has 0 aromatic carbocycles. The molecule has 2 aromatic heterocycles. The number of hydrogen-bond acceptors (Lipinski definition) is 7. The number of hydrogen-bond donors (Lipinski definition) is 1. The molecule has 2 aromatic rings. The maximum Gasteiger partial charge on any atom is 0.206 e. The number of rotatable bonds is 6. The van der Waals surface area contributed by atoms with Gasteiger partial charge in [-0.3, -0.25) is 0 Å². The molecule has 0 aliphatic carbocycles. The Hall–Kier alpha value is -1.21. The van der Waals surface area contributed by atoms with Crippen LogP contribution in [-0.4, -0.2) is 34.8 Å². The van der Waals surface area contributed by atoms with Crippen LogP contribution in [0, 0.1) is 0 Å². The highest BCUT2D eigenvalue weighted by atomic mass is 32.1. The van der Waals surface area contributed by atoms with Gasteiger partial charge in [-0.15, -0.1) is 21.5 Å². The van der Waals surface area contributed by atoms with Gasteiger partial charge in [0.2, 0.25) is 5.13 Å². The third kappa shape index (κ3) is 3.09. The first-order chi connectivity index (χ1) is 9.86. The van der Waals surface area contributed by atoms with E-state index in [4.69, 9.17) is 4.98 Å². The van der Waals surface area contributed by atoms with Gasteiger partial charge in [-0.1, -0.05) is 24.7 Å². The van der Waals surface area contributed by atoms with Crippen molar-refractivity contribution in [3.63, 3.8) is 0 Å². The molecule has 0 radical (unpaired) electrons. The summed E-state index contributed by atoms with van der Waals surface area (Å²) in [5, 5.41) is 16.7. The maximum atomic E-state index is 4.70. The van der Waals surface area contributed by atoms with Crippen LogP contribution in [-0.2, 0) is 0 Å². The molecular weight excluding hydrogens is 290 g/mol. The second-order valence-corrected chi connectivity index (χ2v) is 6.72. The van der Waals surface area contributed by atoms with Crippen LogP contribution in [0.3, 0.4) is 0 Å². The van der Waals surface area contributed by atoms with E-state index in [9.17, 15) is 0 Å². The van der Waals surface area contributed by atoms with Crippen molar-refractivity contribution in [2.24, 2.45) is 0 Å². The second-order valence-electron chi connectivity index (χ2n) is 4.90. The Morgan fingerprint density at radius 1 is 1.30 bits per heavy atom. The minimum Gasteiger partial charge on any atom is -0.360 e. The molecule has 0 spiro atoms. The standard InChI is InChI=1S/C13H19N5S2/c1-2-3-6-14-12-17-16-11(20-12)10-9-19-13(15-10)18-7-4-5-8-18/h9H,2-8H2,1H3,(H,14,17). The van der Waals surface area contributed by atoms with Gasteiger partial charge in [0, 0.05) is 25.0 Å². The largest absolute Gasteiger partial charge is 0.360 e. The molecule has 108 valence electrons. The summed E-state index contributed by atoms with van der Waals surface area (Å²) >= 11 is 3.29. The number of nitrogens with zero attached hydrogens (tertiary/aromatic N) is 4. The molecule has 20 heavy (non-hydrogen) atoms. The first-order valence-corrected chi connectivity index (χ1v) is 8.84. The van der Waals surface area contributed by atoms with E-state index < -0.39 is 0 Å². The SMILES string of the molecule is CCCCNc1nnc(-c2csc(N3CCCC3)n2)s1. The molecule has 1 saturated heterocycles. The Morgan fingerprint density at radius 3 is 2.95 bits per heavy atom. The summed E-state index contributed by atoms with van der Waals surface area (Å²) in [6, 6.07) is 0. The number of anilines is 2. The van der Waals surface area contributed by atoms with Gasteiger partial charge in [-0.25, -0.2) is 4.98 Å². The molecule has 0 amide bonds. The average molecular weight is 309 g/mol. The number of unbranched alkanes of at least 4 members (excludes halogenated alkanes) is 1. The van der Waals surface area contributed by atoms with Crippen LogP contribution < -0.4 is 10.2 Å². The summed E-state index contributed by atoms with van der Waals surface area (Å²) in [5.41, 5.74) is 0.956. The first kappa shape index (κ1) is 13.8. The monoisotopic (exact) mass is 309 g/mol. The minimum atomic E-state index is 0.893. The fraction of sp³-hybridized carbons (Fsp3) is 0.615. The lowest BCUT2D eigenvalue weighted by Crippen LogP contribution is -2.17. The van der Waals surface area contributed by atoms with Crippen LogP contribution in [0.4, 0.5) is 10.3 Å². The van der Waals surface area contributed by atoms with E-state index >= 15 is 0 Å². The Labute approximate surface area is 127 Å². The zero-order valence-corrected chi connectivity index (χ0v) is 13.3. The smallest absolute Gasteiger partial charge is 0.206 e. The van der Waals surface area contributed by atoms with Crippen LogP contribution in [0.2, 0.25) is 0 Å². The molecule has 1 aliphatic rings. The predicted molar refractivity (Wildman–Crippen MR) is 85.9 cm³/mol. The van der Waals surface area contributed by atoms with Gasteiger partial charge in [0.15, 0.2) is 10.1 Å². The first-order valence-electron chi connectivity index (χ1n) is 7.15. The molecule has 3 heterocycles. The number of aromatic nitrogens is 3. The highest BCUT2D eigenvalue weighted by Crippen LogP contribution is 2.32. The fourth-order valence-corrected chi connectivity index (χ4v) is 3.85. The summed E-state index contributed by atoms with van der Waals surface area (Å²) in [4.78, 5) is 7.05. The van der Waals surface area contributed by atoms with Crippen LogP contribution in [0.15, 0.2) is 5.38 Å². The molecule has 0 unspecified atom stereocenters. The summed E-state index contributed by atoms with van der Waals surface area (Å²) in [6.45, 7) is 5.41. The van der Waals surface area contributed by atoms with Crippen LogP contribution in [0.1, 0.15) is 32.6 Å². The third-order valence-electron chi connectivity index (χ3n) is 3.32. The van der Waals surface area contributed by atoms with Gasteiger partial charge in [0.1, 0.15) is 5.69 Å². The molecule has 0 bridgehead atoms. The van der Waals surface area contributed by atoms with Crippen LogP contribution >= 0.6 is 22.7 Å². The Morgan fingerprint density at radius 2 is 2.15 bits per heavy atom. The minimum absolute atomic E-state index is 0.893. The van der Waals surface area contributed by atoms with Crippen molar-refractivity contribution in [3.8, 4) is 10.7 Å². The van der Waals surface area contributed by atoms with E-state index in [2.05, 4.69) is 32.7 Å². The number of nitrogens with one attached hydrogen (secondary N) is 1.